The summed E-state index contributed by atoms with van der Waals surface area (Å²) in [5, 5.41) is 0. The van der Waals surface area contributed by atoms with Crippen molar-refractivity contribution in [2.75, 3.05) is 0 Å². The predicted octanol–water partition coefficient (Wildman–Crippen LogP) is 4.02. The highest BCUT2D eigenvalue weighted by Gasteiger charge is 2.12. The van der Waals surface area contributed by atoms with Crippen LogP contribution >= 0.6 is 0 Å². The molecule has 0 aromatic heterocycles. The van der Waals surface area contributed by atoms with Gasteiger partial charge in [-0.05, 0) is 17.3 Å². The highest BCUT2D eigenvalue weighted by molar-refractivity contribution is 4.99. The van der Waals surface area contributed by atoms with Gasteiger partial charge in [0.15, 0.2) is 0 Å². The highest BCUT2D eigenvalue weighted by Crippen LogP contribution is 2.25. The molecule has 0 saturated carbocycles. The minimum atomic E-state index is 0.326. The second kappa shape index (κ2) is 3.42. The lowest BCUT2D eigenvalue weighted by atomic mass is 9.86. The lowest BCUT2D eigenvalue weighted by molar-refractivity contribution is 0.447. The van der Waals surface area contributed by atoms with E-state index in [-0.39, 0.29) is 0 Å². The number of allylic oxidation sites excluding steroid dienone is 2. The van der Waals surface area contributed by atoms with Gasteiger partial charge in [0.25, 0.3) is 0 Å². The zero-order valence-electron chi connectivity index (χ0n) is 8.86. The Morgan fingerprint density at radius 2 is 1.36 bits per heavy atom. The minimum absolute atomic E-state index is 0.326. The highest BCUT2D eigenvalue weighted by atomic mass is 14.2. The first-order valence-corrected chi connectivity index (χ1v) is 4.47. The van der Waals surface area contributed by atoms with E-state index in [1.54, 1.807) is 0 Å². The summed E-state index contributed by atoms with van der Waals surface area (Å²) in [5.41, 5.74) is 0.694. The van der Waals surface area contributed by atoms with Gasteiger partial charge in [-0.15, -0.1) is 0 Å². The molecule has 0 radical (unpaired) electrons. The standard InChI is InChI=1S/C11H22/c1-7-11(5,6)9-8-10(2,3)4/h8-9H,7H2,1-6H3. The fourth-order valence-corrected chi connectivity index (χ4v) is 0.593. The molecule has 11 heavy (non-hydrogen) atoms. The molecule has 0 bridgehead atoms. The third-order valence-electron chi connectivity index (χ3n) is 1.95. The van der Waals surface area contributed by atoms with E-state index in [0.717, 1.165) is 0 Å². The Kier molecular flexibility index (Phi) is 3.34. The molecule has 0 saturated heterocycles. The van der Waals surface area contributed by atoms with Crippen LogP contribution in [0.4, 0.5) is 0 Å². The summed E-state index contributed by atoms with van der Waals surface area (Å²) in [7, 11) is 0. The summed E-state index contributed by atoms with van der Waals surface area (Å²) in [6.07, 6.45) is 5.84. The van der Waals surface area contributed by atoms with Crippen molar-refractivity contribution in [3.8, 4) is 0 Å². The maximum atomic E-state index is 2.33. The third-order valence-corrected chi connectivity index (χ3v) is 1.95. The quantitative estimate of drug-likeness (QED) is 0.527. The second-order valence-corrected chi connectivity index (χ2v) is 5.04. The van der Waals surface area contributed by atoms with Gasteiger partial charge in [0, 0.05) is 0 Å². The lowest BCUT2D eigenvalue weighted by Crippen LogP contribution is -2.07. The molecular formula is C11H22. The SMILES string of the molecule is CCC(C)(C)C=CC(C)(C)C. The molecule has 0 spiro atoms. The third kappa shape index (κ3) is 6.15. The molecule has 0 heteroatoms. The topological polar surface area (TPSA) is 0 Å². The summed E-state index contributed by atoms with van der Waals surface area (Å²) in [6, 6.07) is 0. The number of hydrogen-bond donors (Lipinski definition) is 0. The molecule has 0 nitrogen and oxygen atoms in total. The van der Waals surface area contributed by atoms with Crippen LogP contribution in [-0.2, 0) is 0 Å². The van der Waals surface area contributed by atoms with Crippen molar-refractivity contribution in [3.63, 3.8) is 0 Å². The zero-order chi connectivity index (χ0) is 9.12. The molecule has 0 atom stereocenters. The fraction of sp³-hybridized carbons (Fsp3) is 0.818. The van der Waals surface area contributed by atoms with Gasteiger partial charge >= 0.3 is 0 Å². The van der Waals surface area contributed by atoms with E-state index in [9.17, 15) is 0 Å². The molecule has 0 unspecified atom stereocenters. The van der Waals surface area contributed by atoms with Crippen molar-refractivity contribution in [2.45, 2.75) is 48.0 Å². The maximum Gasteiger partial charge on any atom is -0.0177 e. The molecule has 0 heterocycles. The van der Waals surface area contributed by atoms with Crippen LogP contribution in [0.1, 0.15) is 48.0 Å². The van der Waals surface area contributed by atoms with Crippen molar-refractivity contribution >= 4 is 0 Å². The van der Waals surface area contributed by atoms with E-state index in [2.05, 4.69) is 53.7 Å². The van der Waals surface area contributed by atoms with Gasteiger partial charge in [0.1, 0.15) is 0 Å². The van der Waals surface area contributed by atoms with Gasteiger partial charge in [0.05, 0.1) is 0 Å². The van der Waals surface area contributed by atoms with Crippen molar-refractivity contribution < 1.29 is 0 Å². The first-order valence-electron chi connectivity index (χ1n) is 4.47. The van der Waals surface area contributed by atoms with Crippen LogP contribution in [0.2, 0.25) is 0 Å². The van der Waals surface area contributed by atoms with Gasteiger partial charge in [-0.3, -0.25) is 0 Å². The van der Waals surface area contributed by atoms with Gasteiger partial charge in [0.2, 0.25) is 0 Å². The van der Waals surface area contributed by atoms with E-state index in [1.165, 1.54) is 6.42 Å². The second-order valence-electron chi connectivity index (χ2n) is 5.04. The monoisotopic (exact) mass is 154 g/mol. The summed E-state index contributed by atoms with van der Waals surface area (Å²) < 4.78 is 0. The molecule has 0 amide bonds. The van der Waals surface area contributed by atoms with Gasteiger partial charge in [-0.25, -0.2) is 0 Å². The summed E-state index contributed by atoms with van der Waals surface area (Å²) in [4.78, 5) is 0. The fourth-order valence-electron chi connectivity index (χ4n) is 0.593. The number of hydrogen-bond acceptors (Lipinski definition) is 0. The van der Waals surface area contributed by atoms with Crippen LogP contribution in [0.15, 0.2) is 12.2 Å². The molecule has 66 valence electrons. The van der Waals surface area contributed by atoms with Crippen molar-refractivity contribution in [1.29, 1.82) is 0 Å². The van der Waals surface area contributed by atoms with Gasteiger partial charge in [-0.2, -0.15) is 0 Å². The largest absolute Gasteiger partial charge is 0.0826 e. The van der Waals surface area contributed by atoms with Crippen LogP contribution in [-0.4, -0.2) is 0 Å². The van der Waals surface area contributed by atoms with Crippen LogP contribution < -0.4 is 0 Å². The van der Waals surface area contributed by atoms with Crippen LogP contribution in [0.5, 0.6) is 0 Å². The van der Waals surface area contributed by atoms with Crippen LogP contribution in [0, 0.1) is 10.8 Å². The molecule has 0 aromatic carbocycles. The van der Waals surface area contributed by atoms with E-state index < -0.39 is 0 Å². The first-order chi connectivity index (χ1) is 4.77. The van der Waals surface area contributed by atoms with E-state index in [1.807, 2.05) is 0 Å². The zero-order valence-corrected chi connectivity index (χ0v) is 8.86. The average Bonchev–Trinajstić information content (AvgIpc) is 1.83. The first kappa shape index (κ1) is 10.7. The predicted molar refractivity (Wildman–Crippen MR) is 52.7 cm³/mol. The molecular weight excluding hydrogens is 132 g/mol. The summed E-state index contributed by atoms with van der Waals surface area (Å²) in [6.45, 7) is 13.5. The average molecular weight is 154 g/mol. The molecule has 0 aliphatic carbocycles. The maximum absolute atomic E-state index is 2.33. The van der Waals surface area contributed by atoms with Crippen LogP contribution in [0.3, 0.4) is 0 Å². The molecule has 0 aliphatic rings. The van der Waals surface area contributed by atoms with E-state index in [0.29, 0.717) is 10.8 Å². The van der Waals surface area contributed by atoms with Crippen molar-refractivity contribution in [2.24, 2.45) is 10.8 Å². The Morgan fingerprint density at radius 1 is 0.909 bits per heavy atom. The minimum Gasteiger partial charge on any atom is -0.0826 e. The van der Waals surface area contributed by atoms with Crippen molar-refractivity contribution in [1.82, 2.24) is 0 Å². The van der Waals surface area contributed by atoms with E-state index in [4.69, 9.17) is 0 Å². The van der Waals surface area contributed by atoms with Crippen molar-refractivity contribution in [3.05, 3.63) is 12.2 Å². The van der Waals surface area contributed by atoms with Gasteiger partial charge < -0.3 is 0 Å². The Morgan fingerprint density at radius 3 is 1.64 bits per heavy atom. The Hall–Kier alpha value is -0.260. The molecule has 0 aromatic rings. The lowest BCUT2D eigenvalue weighted by Gasteiger charge is -2.20. The normalized spacial score (nSPS) is 14.4. The number of rotatable bonds is 2. The summed E-state index contributed by atoms with van der Waals surface area (Å²) in [5.74, 6) is 0. The molecule has 0 aliphatic heterocycles. The smallest absolute Gasteiger partial charge is 0.0177 e. The van der Waals surface area contributed by atoms with Crippen LogP contribution in [0.25, 0.3) is 0 Å². The Bertz CT molecular complexity index is 133. The molecule has 0 N–H and O–H groups in total. The summed E-state index contributed by atoms with van der Waals surface area (Å²) >= 11 is 0. The Balaban J connectivity index is 4.13. The molecule has 0 rings (SSSR count). The Labute approximate surface area is 71.7 Å². The van der Waals surface area contributed by atoms with E-state index >= 15 is 0 Å². The molecule has 0 fully saturated rings. The van der Waals surface area contributed by atoms with Gasteiger partial charge in [-0.1, -0.05) is 53.7 Å².